The largest absolute Gasteiger partial charge is 0.349 e. The maximum atomic E-state index is 11.9. The molecule has 16 heavy (non-hydrogen) atoms. The van der Waals surface area contributed by atoms with Crippen LogP contribution >= 0.6 is 31.9 Å². The molecule has 0 saturated carbocycles. The zero-order valence-corrected chi connectivity index (χ0v) is 11.9. The van der Waals surface area contributed by atoms with E-state index in [9.17, 15) is 4.79 Å². The zero-order valence-electron chi connectivity index (χ0n) is 8.76. The molecule has 1 rings (SSSR count). The number of halogens is 2. The van der Waals surface area contributed by atoms with Crippen LogP contribution in [0.1, 0.15) is 23.7 Å². The average molecular weight is 345 g/mol. The highest BCUT2D eigenvalue weighted by Gasteiger charge is 2.12. The summed E-state index contributed by atoms with van der Waals surface area (Å²) in [5.41, 5.74) is 0.596. The van der Waals surface area contributed by atoms with Crippen LogP contribution in [0.5, 0.6) is 0 Å². The topological polar surface area (TPSA) is 29.1 Å². The molecule has 1 aromatic rings. The summed E-state index contributed by atoms with van der Waals surface area (Å²) in [6, 6.07) is 5.43. The van der Waals surface area contributed by atoms with Gasteiger partial charge in [-0.05, 0) is 41.1 Å². The van der Waals surface area contributed by atoms with Gasteiger partial charge in [0.15, 0.2) is 0 Å². The van der Waals surface area contributed by atoms with Crippen LogP contribution in [0.15, 0.2) is 27.1 Å². The molecule has 0 aliphatic heterocycles. The van der Waals surface area contributed by atoms with Crippen LogP contribution < -0.4 is 5.32 Å². The highest BCUT2D eigenvalue weighted by molar-refractivity contribution is 9.11. The highest BCUT2D eigenvalue weighted by Crippen LogP contribution is 2.21. The summed E-state index contributed by atoms with van der Waals surface area (Å²) >= 11 is 6.67. The maximum Gasteiger partial charge on any atom is 0.252 e. The van der Waals surface area contributed by atoms with E-state index in [2.05, 4.69) is 43.1 Å². The van der Waals surface area contributed by atoms with Crippen LogP contribution in [0.3, 0.4) is 0 Å². The van der Waals surface area contributed by atoms with Crippen LogP contribution in [-0.2, 0) is 0 Å². The lowest BCUT2D eigenvalue weighted by Gasteiger charge is -2.12. The van der Waals surface area contributed by atoms with Crippen molar-refractivity contribution in [3.05, 3.63) is 32.7 Å². The van der Waals surface area contributed by atoms with Gasteiger partial charge < -0.3 is 5.32 Å². The van der Waals surface area contributed by atoms with Crippen molar-refractivity contribution in [2.45, 2.75) is 19.4 Å². The first kappa shape index (κ1) is 13.3. The lowest BCUT2D eigenvalue weighted by Crippen LogP contribution is -2.32. The third-order valence-electron chi connectivity index (χ3n) is 1.97. The molecule has 0 saturated heterocycles. The minimum absolute atomic E-state index is 0.0246. The zero-order chi connectivity index (χ0) is 12.1. The molecule has 1 atom stereocenters. The monoisotopic (exact) mass is 343 g/mol. The van der Waals surface area contributed by atoms with Crippen molar-refractivity contribution in [1.29, 1.82) is 0 Å². The SMILES string of the molecule is C#CCC(C)NC(=O)c1cc(Br)ccc1Br. The Labute approximate surface area is 112 Å². The molecule has 0 aliphatic rings. The van der Waals surface area contributed by atoms with Crippen LogP contribution in [0.25, 0.3) is 0 Å². The number of terminal acetylenes is 1. The molecule has 84 valence electrons. The number of benzene rings is 1. The van der Waals surface area contributed by atoms with Crippen LogP contribution in [0.2, 0.25) is 0 Å². The summed E-state index contributed by atoms with van der Waals surface area (Å²) in [6.07, 6.45) is 5.70. The summed E-state index contributed by atoms with van der Waals surface area (Å²) in [6.45, 7) is 1.88. The molecule has 2 nitrogen and oxygen atoms in total. The van der Waals surface area contributed by atoms with Gasteiger partial charge in [-0.15, -0.1) is 12.3 Å². The molecule has 0 radical (unpaired) electrons. The smallest absolute Gasteiger partial charge is 0.252 e. The average Bonchev–Trinajstić information content (AvgIpc) is 2.21. The number of carbonyl (C=O) groups is 1. The van der Waals surface area contributed by atoms with Gasteiger partial charge in [0.25, 0.3) is 5.91 Å². The first-order chi connectivity index (χ1) is 7.54. The number of nitrogens with one attached hydrogen (secondary N) is 1. The Hall–Kier alpha value is -0.790. The lowest BCUT2D eigenvalue weighted by molar-refractivity contribution is 0.0940. The Bertz CT molecular complexity index is 437. The number of hydrogen-bond donors (Lipinski definition) is 1. The first-order valence-corrected chi connectivity index (χ1v) is 6.32. The Kier molecular flexibility index (Phi) is 5.04. The van der Waals surface area contributed by atoms with E-state index >= 15 is 0 Å². The van der Waals surface area contributed by atoms with Crippen LogP contribution in [0, 0.1) is 12.3 Å². The standard InChI is InChI=1S/C12H11Br2NO/c1-3-4-8(2)15-12(16)10-7-9(13)5-6-11(10)14/h1,5-8H,4H2,2H3,(H,15,16). The van der Waals surface area contributed by atoms with Gasteiger partial charge in [0, 0.05) is 21.4 Å². The van der Waals surface area contributed by atoms with Gasteiger partial charge in [0.2, 0.25) is 0 Å². The van der Waals surface area contributed by atoms with Crippen molar-refractivity contribution < 1.29 is 4.79 Å². The normalized spacial score (nSPS) is 11.6. The van der Waals surface area contributed by atoms with Gasteiger partial charge >= 0.3 is 0 Å². The molecule has 1 N–H and O–H groups in total. The van der Waals surface area contributed by atoms with Crippen molar-refractivity contribution in [3.8, 4) is 12.3 Å². The van der Waals surface area contributed by atoms with Gasteiger partial charge in [0.05, 0.1) is 5.56 Å². The summed E-state index contributed by atoms with van der Waals surface area (Å²) in [4.78, 5) is 11.9. The molecule has 0 spiro atoms. The third-order valence-corrected chi connectivity index (χ3v) is 3.16. The van der Waals surface area contributed by atoms with E-state index in [1.807, 2.05) is 19.1 Å². The second-order valence-corrected chi connectivity index (χ2v) is 5.18. The quantitative estimate of drug-likeness (QED) is 0.837. The second kappa shape index (κ2) is 6.07. The van der Waals surface area contributed by atoms with E-state index in [-0.39, 0.29) is 11.9 Å². The van der Waals surface area contributed by atoms with E-state index < -0.39 is 0 Å². The van der Waals surface area contributed by atoms with E-state index in [0.717, 1.165) is 8.95 Å². The Balaban J connectivity index is 2.81. The molecule has 0 bridgehead atoms. The molecule has 1 unspecified atom stereocenters. The van der Waals surface area contributed by atoms with E-state index in [1.54, 1.807) is 6.07 Å². The molecule has 0 aliphatic carbocycles. The molecule has 1 aromatic carbocycles. The minimum Gasteiger partial charge on any atom is -0.349 e. The first-order valence-electron chi connectivity index (χ1n) is 4.74. The predicted molar refractivity (Wildman–Crippen MR) is 72.2 cm³/mol. The molecule has 0 aromatic heterocycles. The van der Waals surface area contributed by atoms with Gasteiger partial charge in [-0.3, -0.25) is 4.79 Å². The summed E-state index contributed by atoms with van der Waals surface area (Å²) < 4.78 is 1.63. The second-order valence-electron chi connectivity index (χ2n) is 3.41. The van der Waals surface area contributed by atoms with E-state index in [1.165, 1.54) is 0 Å². The molecule has 1 amide bonds. The van der Waals surface area contributed by atoms with E-state index in [0.29, 0.717) is 12.0 Å². The van der Waals surface area contributed by atoms with Crippen molar-refractivity contribution >= 4 is 37.8 Å². The Morgan fingerprint density at radius 1 is 1.56 bits per heavy atom. The van der Waals surface area contributed by atoms with Gasteiger partial charge in [0.1, 0.15) is 0 Å². The van der Waals surface area contributed by atoms with Crippen molar-refractivity contribution in [1.82, 2.24) is 5.32 Å². The lowest BCUT2D eigenvalue weighted by atomic mass is 10.2. The van der Waals surface area contributed by atoms with Crippen molar-refractivity contribution in [2.24, 2.45) is 0 Å². The number of hydrogen-bond acceptors (Lipinski definition) is 1. The number of amides is 1. The predicted octanol–water partition coefficient (Wildman–Crippen LogP) is 3.35. The minimum atomic E-state index is -0.129. The molecular formula is C12H11Br2NO. The fourth-order valence-electron chi connectivity index (χ4n) is 1.20. The Morgan fingerprint density at radius 3 is 2.88 bits per heavy atom. The van der Waals surface area contributed by atoms with Gasteiger partial charge in [-0.2, -0.15) is 0 Å². The molecule has 0 fully saturated rings. The third kappa shape index (κ3) is 3.66. The van der Waals surface area contributed by atoms with Gasteiger partial charge in [-0.1, -0.05) is 15.9 Å². The van der Waals surface area contributed by atoms with Gasteiger partial charge in [-0.25, -0.2) is 0 Å². The fourth-order valence-corrected chi connectivity index (χ4v) is 1.99. The van der Waals surface area contributed by atoms with E-state index in [4.69, 9.17) is 6.42 Å². The summed E-state index contributed by atoms with van der Waals surface area (Å²) in [5.74, 6) is 2.39. The molecule has 0 heterocycles. The van der Waals surface area contributed by atoms with Crippen LogP contribution in [0.4, 0.5) is 0 Å². The van der Waals surface area contributed by atoms with Crippen molar-refractivity contribution in [3.63, 3.8) is 0 Å². The molecule has 4 heteroatoms. The number of rotatable bonds is 3. The Morgan fingerprint density at radius 2 is 2.25 bits per heavy atom. The summed E-state index contributed by atoms with van der Waals surface area (Å²) in [5, 5.41) is 2.83. The highest BCUT2D eigenvalue weighted by atomic mass is 79.9. The van der Waals surface area contributed by atoms with Crippen molar-refractivity contribution in [2.75, 3.05) is 0 Å². The number of carbonyl (C=O) groups excluding carboxylic acids is 1. The molecular weight excluding hydrogens is 334 g/mol. The summed E-state index contributed by atoms with van der Waals surface area (Å²) in [7, 11) is 0. The van der Waals surface area contributed by atoms with Crippen LogP contribution in [-0.4, -0.2) is 11.9 Å². The fraction of sp³-hybridized carbons (Fsp3) is 0.250. The maximum absolute atomic E-state index is 11.9.